The predicted octanol–water partition coefficient (Wildman–Crippen LogP) is 2.95. The van der Waals surface area contributed by atoms with Gasteiger partial charge in [0.25, 0.3) is 0 Å². The van der Waals surface area contributed by atoms with E-state index in [4.69, 9.17) is 4.74 Å². The van der Waals surface area contributed by atoms with Crippen LogP contribution in [0.3, 0.4) is 0 Å². The molecule has 3 N–H and O–H groups in total. The van der Waals surface area contributed by atoms with E-state index >= 15 is 0 Å². The molecule has 4 heterocycles. The summed E-state index contributed by atoms with van der Waals surface area (Å²) >= 11 is 0. The van der Waals surface area contributed by atoms with E-state index in [1.54, 1.807) is 18.5 Å². The van der Waals surface area contributed by atoms with Gasteiger partial charge in [0.05, 0.1) is 30.8 Å². The summed E-state index contributed by atoms with van der Waals surface area (Å²) in [7, 11) is 0. The topological polar surface area (TPSA) is 96.0 Å². The lowest BCUT2D eigenvalue weighted by molar-refractivity contribution is 0.0155. The number of phenolic OH excluding ortho intramolecular Hbond substituents is 1. The molecule has 2 bridgehead atoms. The Bertz CT molecular complexity index is 1110. The minimum absolute atomic E-state index is 0.195. The van der Waals surface area contributed by atoms with Crippen LogP contribution in [-0.2, 0) is 11.2 Å². The normalized spacial score (nSPS) is 25.1. The van der Waals surface area contributed by atoms with Crippen molar-refractivity contribution >= 4 is 5.57 Å². The molecule has 2 fully saturated rings. The van der Waals surface area contributed by atoms with Crippen molar-refractivity contribution in [3.05, 3.63) is 54.0 Å². The van der Waals surface area contributed by atoms with Gasteiger partial charge in [-0.05, 0) is 60.1 Å². The molecule has 0 spiro atoms. The summed E-state index contributed by atoms with van der Waals surface area (Å²) in [5.41, 5.74) is 6.79. The number of aromatic amines is 1. The molecule has 2 atom stereocenters. The maximum Gasteiger partial charge on any atom is 0.125 e. The van der Waals surface area contributed by atoms with Crippen LogP contribution >= 0.6 is 0 Å². The Hall–Kier alpha value is -3.03. The van der Waals surface area contributed by atoms with Gasteiger partial charge in [0, 0.05) is 29.4 Å². The molecule has 3 aliphatic rings. The minimum atomic E-state index is 0.195. The summed E-state index contributed by atoms with van der Waals surface area (Å²) in [5, 5.41) is 30.1. The van der Waals surface area contributed by atoms with Gasteiger partial charge < -0.3 is 15.2 Å². The molecule has 1 aliphatic carbocycles. The number of ether oxygens (including phenoxy) is 1. The summed E-state index contributed by atoms with van der Waals surface area (Å²) in [6.07, 6.45) is 8.90. The third-order valence-corrected chi connectivity index (χ3v) is 6.48. The van der Waals surface area contributed by atoms with E-state index in [0.29, 0.717) is 29.3 Å². The number of fused-ring (bicyclic) bond motifs is 3. The summed E-state index contributed by atoms with van der Waals surface area (Å²) in [6, 6.07) is 8.55. The van der Waals surface area contributed by atoms with Crippen molar-refractivity contribution in [2.75, 3.05) is 13.2 Å². The highest BCUT2D eigenvalue weighted by atomic mass is 16.5. The first-order valence-electron chi connectivity index (χ1n) is 10.5. The Morgan fingerprint density at radius 3 is 2.67 bits per heavy atom. The van der Waals surface area contributed by atoms with Crippen molar-refractivity contribution in [1.29, 1.82) is 0 Å². The van der Waals surface area contributed by atoms with Gasteiger partial charge in [0.15, 0.2) is 0 Å². The number of nitrogens with zero attached hydrogens (tertiary/aromatic N) is 3. The minimum Gasteiger partial charge on any atom is -0.507 e. The first kappa shape index (κ1) is 17.8. The largest absolute Gasteiger partial charge is 0.507 e. The van der Waals surface area contributed by atoms with Gasteiger partial charge in [0.1, 0.15) is 5.75 Å². The standard InChI is InChI=1S/C23H23N5O2/c29-22-8-13(16-9-24-25-10-16)1-4-20(22)21-7-14-2-3-19(23(14)28-27-21)15-5-17-11-30-12-18(6-15)26-17/h1,3-4,7-10,15,17-18,26,29H,2,5-6,11-12H2,(H,24,25). The number of H-pyrrole nitrogens is 1. The Balaban J connectivity index is 1.27. The van der Waals surface area contributed by atoms with Crippen LogP contribution in [0.4, 0.5) is 0 Å². The average Bonchev–Trinajstić information content (AvgIpc) is 3.43. The van der Waals surface area contributed by atoms with Gasteiger partial charge in [-0.1, -0.05) is 12.1 Å². The number of allylic oxidation sites excluding steroid dienone is 2. The maximum absolute atomic E-state index is 10.6. The molecule has 2 aliphatic heterocycles. The van der Waals surface area contributed by atoms with E-state index in [-0.39, 0.29) is 5.75 Å². The van der Waals surface area contributed by atoms with Crippen molar-refractivity contribution in [2.24, 2.45) is 5.92 Å². The second kappa shape index (κ2) is 7.04. The zero-order valence-electron chi connectivity index (χ0n) is 16.5. The first-order chi connectivity index (χ1) is 14.7. The van der Waals surface area contributed by atoms with Crippen molar-refractivity contribution in [2.45, 2.75) is 31.3 Å². The maximum atomic E-state index is 10.6. The smallest absolute Gasteiger partial charge is 0.125 e. The summed E-state index contributed by atoms with van der Waals surface area (Å²) in [4.78, 5) is 0. The van der Waals surface area contributed by atoms with Crippen molar-refractivity contribution in [3.63, 3.8) is 0 Å². The molecular formula is C23H23N5O2. The number of piperidine rings is 1. The van der Waals surface area contributed by atoms with Crippen molar-refractivity contribution in [3.8, 4) is 28.1 Å². The number of nitrogens with one attached hydrogen (secondary N) is 2. The van der Waals surface area contributed by atoms with Crippen LogP contribution in [0.15, 0.2) is 42.7 Å². The molecule has 6 rings (SSSR count). The molecule has 0 amide bonds. The molecule has 2 saturated heterocycles. The number of rotatable bonds is 3. The Morgan fingerprint density at radius 1 is 1.03 bits per heavy atom. The van der Waals surface area contributed by atoms with Crippen LogP contribution in [0.25, 0.3) is 28.0 Å². The monoisotopic (exact) mass is 401 g/mol. The number of hydrogen-bond donors (Lipinski definition) is 3. The molecule has 0 radical (unpaired) electrons. The van der Waals surface area contributed by atoms with E-state index in [9.17, 15) is 5.11 Å². The van der Waals surface area contributed by atoms with E-state index in [1.165, 1.54) is 11.1 Å². The molecule has 1 aromatic carbocycles. The molecular weight excluding hydrogens is 378 g/mol. The molecule has 3 aromatic rings. The zero-order valence-corrected chi connectivity index (χ0v) is 16.5. The summed E-state index contributed by atoms with van der Waals surface area (Å²) < 4.78 is 5.69. The van der Waals surface area contributed by atoms with Crippen LogP contribution in [0.1, 0.15) is 24.1 Å². The number of hydrogen-bond acceptors (Lipinski definition) is 6. The SMILES string of the molecule is Oc1cc(-c2cn[nH]c2)ccc1-c1cc2c(nn1)C(C1CC3COCC(C1)N3)=CC2. The second-order valence-corrected chi connectivity index (χ2v) is 8.45. The highest BCUT2D eigenvalue weighted by Crippen LogP contribution is 2.40. The molecule has 152 valence electrons. The Labute approximate surface area is 174 Å². The number of morpholine rings is 1. The lowest BCUT2D eigenvalue weighted by Crippen LogP contribution is -2.54. The van der Waals surface area contributed by atoms with Crippen LogP contribution < -0.4 is 5.32 Å². The summed E-state index contributed by atoms with van der Waals surface area (Å²) in [5.74, 6) is 0.703. The van der Waals surface area contributed by atoms with Crippen LogP contribution in [0, 0.1) is 5.92 Å². The quantitative estimate of drug-likeness (QED) is 0.625. The fourth-order valence-corrected chi connectivity index (χ4v) is 5.07. The van der Waals surface area contributed by atoms with E-state index in [2.05, 4.69) is 37.9 Å². The molecule has 30 heavy (non-hydrogen) atoms. The van der Waals surface area contributed by atoms with Crippen LogP contribution in [0.2, 0.25) is 0 Å². The van der Waals surface area contributed by atoms with Crippen molar-refractivity contribution in [1.82, 2.24) is 25.7 Å². The van der Waals surface area contributed by atoms with Gasteiger partial charge in [-0.25, -0.2) is 0 Å². The number of aromatic nitrogens is 4. The molecule has 2 unspecified atom stereocenters. The molecule has 7 nitrogen and oxygen atoms in total. The third-order valence-electron chi connectivity index (χ3n) is 6.48. The first-order valence-corrected chi connectivity index (χ1v) is 10.5. The fourth-order valence-electron chi connectivity index (χ4n) is 5.07. The Morgan fingerprint density at radius 2 is 1.90 bits per heavy atom. The number of benzene rings is 1. The van der Waals surface area contributed by atoms with Crippen LogP contribution in [-0.4, -0.2) is 50.8 Å². The van der Waals surface area contributed by atoms with Crippen molar-refractivity contribution < 1.29 is 9.84 Å². The third kappa shape index (κ3) is 3.02. The lowest BCUT2D eigenvalue weighted by atomic mass is 9.81. The molecule has 0 saturated carbocycles. The second-order valence-electron chi connectivity index (χ2n) is 8.45. The molecule has 7 heteroatoms. The number of phenols is 1. The highest BCUT2D eigenvalue weighted by Gasteiger charge is 2.35. The molecule has 2 aromatic heterocycles. The van der Waals surface area contributed by atoms with Gasteiger partial charge in [-0.3, -0.25) is 5.10 Å². The van der Waals surface area contributed by atoms with Gasteiger partial charge in [-0.15, -0.1) is 10.2 Å². The van der Waals surface area contributed by atoms with Gasteiger partial charge in [0.2, 0.25) is 0 Å². The lowest BCUT2D eigenvalue weighted by Gasteiger charge is -2.40. The fraction of sp³-hybridized carbons (Fsp3) is 0.348. The van der Waals surface area contributed by atoms with Gasteiger partial charge >= 0.3 is 0 Å². The number of aromatic hydroxyl groups is 1. The van der Waals surface area contributed by atoms with E-state index in [1.807, 2.05) is 12.1 Å². The summed E-state index contributed by atoms with van der Waals surface area (Å²) in [6.45, 7) is 1.59. The van der Waals surface area contributed by atoms with E-state index in [0.717, 1.165) is 49.3 Å². The Kier molecular flexibility index (Phi) is 4.17. The highest BCUT2D eigenvalue weighted by molar-refractivity contribution is 5.77. The van der Waals surface area contributed by atoms with Crippen LogP contribution in [0.5, 0.6) is 5.75 Å². The van der Waals surface area contributed by atoms with E-state index < -0.39 is 0 Å². The zero-order chi connectivity index (χ0) is 20.1. The predicted molar refractivity (Wildman–Crippen MR) is 113 cm³/mol. The average molecular weight is 401 g/mol. The van der Waals surface area contributed by atoms with Gasteiger partial charge in [-0.2, -0.15) is 5.10 Å².